The van der Waals surface area contributed by atoms with Gasteiger partial charge in [0.25, 0.3) is 0 Å². The second kappa shape index (κ2) is 7.04. The van der Waals surface area contributed by atoms with Gasteiger partial charge in [-0.25, -0.2) is 9.59 Å². The third kappa shape index (κ3) is 5.28. The van der Waals surface area contributed by atoms with Gasteiger partial charge in [-0.15, -0.1) is 0 Å². The standard InChI is InChI=1S/C16H24N2O5/c1-16(2,3)23-15(21)18-7-6-11(10-18)8-17-9-12-4-5-13(22-12)14(19)20/h4-5,11,17H,6-10H2,1-3H3,(H,19,20). The average molecular weight is 324 g/mol. The number of carboxylic acids is 1. The zero-order valence-corrected chi connectivity index (χ0v) is 13.8. The van der Waals surface area contributed by atoms with Gasteiger partial charge in [-0.05, 0) is 45.2 Å². The Morgan fingerprint density at radius 1 is 1.43 bits per heavy atom. The lowest BCUT2D eigenvalue weighted by atomic mass is 10.1. The molecule has 1 aromatic rings. The van der Waals surface area contributed by atoms with Crippen molar-refractivity contribution in [2.75, 3.05) is 19.6 Å². The van der Waals surface area contributed by atoms with Crippen molar-refractivity contribution < 1.29 is 23.8 Å². The number of nitrogens with zero attached hydrogens (tertiary/aromatic N) is 1. The monoisotopic (exact) mass is 324 g/mol. The summed E-state index contributed by atoms with van der Waals surface area (Å²) in [6, 6.07) is 3.09. The molecule has 0 aromatic carbocycles. The molecule has 7 nitrogen and oxygen atoms in total. The minimum absolute atomic E-state index is 0.0567. The van der Waals surface area contributed by atoms with E-state index in [1.807, 2.05) is 20.8 Å². The summed E-state index contributed by atoms with van der Waals surface area (Å²) < 4.78 is 10.5. The van der Waals surface area contributed by atoms with Crippen molar-refractivity contribution in [3.8, 4) is 0 Å². The molecule has 1 unspecified atom stereocenters. The van der Waals surface area contributed by atoms with E-state index in [4.69, 9.17) is 14.3 Å². The number of hydrogen-bond donors (Lipinski definition) is 2. The maximum atomic E-state index is 12.0. The van der Waals surface area contributed by atoms with Gasteiger partial charge in [0.05, 0.1) is 6.54 Å². The van der Waals surface area contributed by atoms with E-state index >= 15 is 0 Å². The smallest absolute Gasteiger partial charge is 0.410 e. The summed E-state index contributed by atoms with van der Waals surface area (Å²) in [4.78, 5) is 24.4. The predicted octanol–water partition coefficient (Wildman–Crippen LogP) is 2.32. The van der Waals surface area contributed by atoms with Crippen molar-refractivity contribution in [3.05, 3.63) is 23.7 Å². The number of ether oxygens (including phenoxy) is 1. The highest BCUT2D eigenvalue weighted by atomic mass is 16.6. The summed E-state index contributed by atoms with van der Waals surface area (Å²) in [5.41, 5.74) is -0.478. The number of nitrogens with one attached hydrogen (secondary N) is 1. The van der Waals surface area contributed by atoms with Crippen LogP contribution in [0.2, 0.25) is 0 Å². The lowest BCUT2D eigenvalue weighted by molar-refractivity contribution is 0.0288. The third-order valence-corrected chi connectivity index (χ3v) is 3.54. The minimum atomic E-state index is -1.07. The molecule has 1 aromatic heterocycles. The Morgan fingerprint density at radius 3 is 2.78 bits per heavy atom. The van der Waals surface area contributed by atoms with E-state index in [9.17, 15) is 9.59 Å². The van der Waals surface area contributed by atoms with Gasteiger partial charge in [0.2, 0.25) is 5.76 Å². The Hall–Kier alpha value is -2.02. The second-order valence-corrected chi connectivity index (χ2v) is 6.78. The summed E-state index contributed by atoms with van der Waals surface area (Å²) >= 11 is 0. The second-order valence-electron chi connectivity index (χ2n) is 6.78. The molecule has 2 rings (SSSR count). The van der Waals surface area contributed by atoms with Crippen LogP contribution in [-0.4, -0.2) is 47.3 Å². The molecule has 1 saturated heterocycles. The van der Waals surface area contributed by atoms with E-state index in [1.165, 1.54) is 6.07 Å². The Balaban J connectivity index is 1.71. The van der Waals surface area contributed by atoms with Gasteiger partial charge in [0.15, 0.2) is 0 Å². The van der Waals surface area contributed by atoms with Gasteiger partial charge in [0.1, 0.15) is 11.4 Å². The van der Waals surface area contributed by atoms with E-state index in [-0.39, 0.29) is 11.9 Å². The first kappa shape index (κ1) is 17.3. The summed E-state index contributed by atoms with van der Waals surface area (Å²) in [6.07, 6.45) is 0.655. The van der Waals surface area contributed by atoms with Gasteiger partial charge in [-0.3, -0.25) is 0 Å². The van der Waals surface area contributed by atoms with Crippen molar-refractivity contribution in [2.45, 2.75) is 39.3 Å². The normalized spacial score (nSPS) is 18.2. The molecule has 7 heteroatoms. The van der Waals surface area contributed by atoms with Crippen LogP contribution in [0, 0.1) is 5.92 Å². The number of carbonyl (C=O) groups is 2. The molecule has 1 aliphatic heterocycles. The van der Waals surface area contributed by atoms with E-state index in [2.05, 4.69) is 5.32 Å². The maximum Gasteiger partial charge on any atom is 0.410 e. The molecule has 0 radical (unpaired) electrons. The number of amides is 1. The molecule has 0 bridgehead atoms. The summed E-state index contributed by atoms with van der Waals surface area (Å²) in [6.45, 7) is 8.14. The topological polar surface area (TPSA) is 92.0 Å². The van der Waals surface area contributed by atoms with Crippen LogP contribution < -0.4 is 5.32 Å². The number of likely N-dealkylation sites (tertiary alicyclic amines) is 1. The number of furan rings is 1. The highest BCUT2D eigenvalue weighted by Crippen LogP contribution is 2.19. The molecule has 2 N–H and O–H groups in total. The highest BCUT2D eigenvalue weighted by molar-refractivity contribution is 5.84. The SMILES string of the molecule is CC(C)(C)OC(=O)N1CCC(CNCc2ccc(C(=O)O)o2)C1. The van der Waals surface area contributed by atoms with Crippen molar-refractivity contribution in [1.82, 2.24) is 10.2 Å². The molecular weight excluding hydrogens is 300 g/mol. The lowest BCUT2D eigenvalue weighted by Gasteiger charge is -2.24. The van der Waals surface area contributed by atoms with E-state index in [0.717, 1.165) is 13.0 Å². The van der Waals surface area contributed by atoms with Gasteiger partial charge in [0, 0.05) is 19.6 Å². The molecule has 1 atom stereocenters. The molecule has 1 amide bonds. The Labute approximate surface area is 135 Å². The first-order chi connectivity index (χ1) is 10.7. The fraction of sp³-hybridized carbons (Fsp3) is 0.625. The van der Waals surface area contributed by atoms with E-state index < -0.39 is 11.6 Å². The van der Waals surface area contributed by atoms with Crippen molar-refractivity contribution in [2.24, 2.45) is 5.92 Å². The van der Waals surface area contributed by atoms with Gasteiger partial charge in [-0.1, -0.05) is 0 Å². The number of carbonyl (C=O) groups excluding carboxylic acids is 1. The molecule has 128 valence electrons. The van der Waals surface area contributed by atoms with Crippen LogP contribution in [0.4, 0.5) is 4.79 Å². The minimum Gasteiger partial charge on any atom is -0.475 e. The van der Waals surface area contributed by atoms with E-state index in [0.29, 0.717) is 31.3 Å². The van der Waals surface area contributed by atoms with Crippen LogP contribution in [0.5, 0.6) is 0 Å². The highest BCUT2D eigenvalue weighted by Gasteiger charge is 2.29. The van der Waals surface area contributed by atoms with Gasteiger partial charge < -0.3 is 24.5 Å². The Morgan fingerprint density at radius 2 is 2.17 bits per heavy atom. The number of aromatic carboxylic acids is 1. The molecule has 0 spiro atoms. The van der Waals surface area contributed by atoms with Crippen LogP contribution in [0.15, 0.2) is 16.5 Å². The summed E-state index contributed by atoms with van der Waals surface area (Å²) in [5, 5.41) is 12.0. The lowest BCUT2D eigenvalue weighted by Crippen LogP contribution is -2.36. The zero-order valence-electron chi connectivity index (χ0n) is 13.8. The van der Waals surface area contributed by atoms with Crippen molar-refractivity contribution >= 4 is 12.1 Å². The summed E-state index contributed by atoms with van der Waals surface area (Å²) in [7, 11) is 0. The van der Waals surface area contributed by atoms with Crippen LogP contribution in [0.3, 0.4) is 0 Å². The number of rotatable bonds is 5. The Kier molecular flexibility index (Phi) is 5.30. The third-order valence-electron chi connectivity index (χ3n) is 3.54. The maximum absolute atomic E-state index is 12.0. The van der Waals surface area contributed by atoms with E-state index in [1.54, 1.807) is 11.0 Å². The molecule has 23 heavy (non-hydrogen) atoms. The average Bonchev–Trinajstić information content (AvgIpc) is 3.05. The van der Waals surface area contributed by atoms with Gasteiger partial charge in [-0.2, -0.15) is 0 Å². The quantitative estimate of drug-likeness (QED) is 0.863. The predicted molar refractivity (Wildman–Crippen MR) is 83.3 cm³/mol. The van der Waals surface area contributed by atoms with Crippen LogP contribution >= 0.6 is 0 Å². The molecule has 0 aliphatic carbocycles. The van der Waals surface area contributed by atoms with Crippen LogP contribution in [0.1, 0.15) is 43.5 Å². The molecule has 1 fully saturated rings. The van der Waals surface area contributed by atoms with Crippen molar-refractivity contribution in [3.63, 3.8) is 0 Å². The van der Waals surface area contributed by atoms with Crippen LogP contribution in [-0.2, 0) is 11.3 Å². The molecular formula is C16H24N2O5. The first-order valence-electron chi connectivity index (χ1n) is 7.75. The van der Waals surface area contributed by atoms with Gasteiger partial charge >= 0.3 is 12.1 Å². The largest absolute Gasteiger partial charge is 0.475 e. The molecule has 1 aliphatic rings. The molecule has 2 heterocycles. The zero-order chi connectivity index (χ0) is 17.0. The summed E-state index contributed by atoms with van der Waals surface area (Å²) in [5.74, 6) is -0.181. The molecule has 0 saturated carbocycles. The van der Waals surface area contributed by atoms with Crippen molar-refractivity contribution in [1.29, 1.82) is 0 Å². The Bertz CT molecular complexity index is 561. The first-order valence-corrected chi connectivity index (χ1v) is 7.75. The number of carboxylic acid groups (broad SMARTS) is 1. The fourth-order valence-corrected chi connectivity index (χ4v) is 2.48. The van der Waals surface area contributed by atoms with Crippen LogP contribution in [0.25, 0.3) is 0 Å². The number of hydrogen-bond acceptors (Lipinski definition) is 5. The fourth-order valence-electron chi connectivity index (χ4n) is 2.48.